The number of carbonyl (C=O) groups is 1. The maximum atomic E-state index is 13.2. The first-order valence-electron chi connectivity index (χ1n) is 6.45. The van der Waals surface area contributed by atoms with Gasteiger partial charge in [-0.1, -0.05) is 24.3 Å². The van der Waals surface area contributed by atoms with Crippen molar-refractivity contribution in [1.29, 1.82) is 0 Å². The van der Waals surface area contributed by atoms with E-state index in [-0.39, 0.29) is 11.5 Å². The highest BCUT2D eigenvalue weighted by Crippen LogP contribution is 2.20. The Morgan fingerprint density at radius 3 is 2.35 bits per heavy atom. The van der Waals surface area contributed by atoms with E-state index in [0.717, 1.165) is 30.2 Å². The van der Waals surface area contributed by atoms with Gasteiger partial charge < -0.3 is 4.90 Å². The van der Waals surface area contributed by atoms with Crippen molar-refractivity contribution in [3.63, 3.8) is 0 Å². The summed E-state index contributed by atoms with van der Waals surface area (Å²) in [5.74, 6) is -1.80. The molecular weight excluding hydrogens is 260 g/mol. The fourth-order valence-electron chi connectivity index (χ4n) is 2.53. The van der Waals surface area contributed by atoms with Crippen molar-refractivity contribution in [2.45, 2.75) is 13.0 Å². The molecule has 0 saturated carbocycles. The monoisotopic (exact) mass is 273 g/mol. The van der Waals surface area contributed by atoms with Gasteiger partial charge in [-0.15, -0.1) is 0 Å². The van der Waals surface area contributed by atoms with Crippen LogP contribution in [-0.4, -0.2) is 17.4 Å². The zero-order chi connectivity index (χ0) is 14.1. The minimum Gasteiger partial charge on any atom is -0.334 e. The molecule has 3 rings (SSSR count). The zero-order valence-electron chi connectivity index (χ0n) is 10.8. The molecule has 0 atom stereocenters. The largest absolute Gasteiger partial charge is 0.334 e. The fraction of sp³-hybridized carbons (Fsp3) is 0.188. The lowest BCUT2D eigenvalue weighted by atomic mass is 9.99. The first kappa shape index (κ1) is 12.8. The van der Waals surface area contributed by atoms with Gasteiger partial charge in [0.1, 0.15) is 11.6 Å². The summed E-state index contributed by atoms with van der Waals surface area (Å²) in [6, 6.07) is 10.8. The third kappa shape index (κ3) is 2.41. The molecule has 20 heavy (non-hydrogen) atoms. The molecule has 0 saturated heterocycles. The molecule has 0 aromatic heterocycles. The number of carbonyl (C=O) groups excluding carboxylic acids is 1. The lowest BCUT2D eigenvalue weighted by Crippen LogP contribution is -2.36. The van der Waals surface area contributed by atoms with Gasteiger partial charge in [0.05, 0.1) is 0 Å². The molecular formula is C16H13F2NO. The highest BCUT2D eigenvalue weighted by molar-refractivity contribution is 5.94. The van der Waals surface area contributed by atoms with Crippen molar-refractivity contribution in [1.82, 2.24) is 4.90 Å². The minimum atomic E-state index is -0.731. The van der Waals surface area contributed by atoms with Gasteiger partial charge in [0, 0.05) is 24.7 Å². The molecule has 1 amide bonds. The summed E-state index contributed by atoms with van der Waals surface area (Å²) in [5.41, 5.74) is 2.37. The number of rotatable bonds is 1. The van der Waals surface area contributed by atoms with Crippen LogP contribution in [0.3, 0.4) is 0 Å². The number of benzene rings is 2. The van der Waals surface area contributed by atoms with Crippen LogP contribution in [-0.2, 0) is 13.0 Å². The van der Waals surface area contributed by atoms with Crippen molar-refractivity contribution in [2.24, 2.45) is 0 Å². The molecule has 0 fully saturated rings. The smallest absolute Gasteiger partial charge is 0.254 e. The zero-order valence-corrected chi connectivity index (χ0v) is 10.8. The molecule has 1 aliphatic rings. The summed E-state index contributed by atoms with van der Waals surface area (Å²) < 4.78 is 26.4. The van der Waals surface area contributed by atoms with Crippen LogP contribution in [0.5, 0.6) is 0 Å². The average Bonchev–Trinajstić information content (AvgIpc) is 2.45. The number of hydrogen-bond acceptors (Lipinski definition) is 1. The second kappa shape index (κ2) is 5.04. The number of halogens is 2. The lowest BCUT2D eigenvalue weighted by molar-refractivity contribution is 0.0733. The van der Waals surface area contributed by atoms with E-state index < -0.39 is 11.6 Å². The number of amides is 1. The molecule has 2 nitrogen and oxygen atoms in total. The van der Waals surface area contributed by atoms with Crippen LogP contribution in [0.2, 0.25) is 0 Å². The molecule has 0 N–H and O–H groups in total. The summed E-state index contributed by atoms with van der Waals surface area (Å²) in [5, 5.41) is 0. The van der Waals surface area contributed by atoms with Crippen LogP contribution in [0.25, 0.3) is 0 Å². The standard InChI is InChI=1S/C16H13F2NO/c17-14-7-13(8-15(18)9-14)16(20)19-6-5-11-3-1-2-4-12(11)10-19/h1-4,7-9H,5-6,10H2. The van der Waals surface area contributed by atoms with E-state index in [0.29, 0.717) is 13.1 Å². The Hall–Kier alpha value is -2.23. The Bertz CT molecular complexity index is 649. The molecule has 1 heterocycles. The molecule has 0 aliphatic carbocycles. The van der Waals surface area contributed by atoms with Crippen molar-refractivity contribution < 1.29 is 13.6 Å². The second-order valence-corrected chi connectivity index (χ2v) is 4.90. The molecule has 0 unspecified atom stereocenters. The predicted molar refractivity (Wildman–Crippen MR) is 71.2 cm³/mol. The van der Waals surface area contributed by atoms with Crippen LogP contribution in [0.1, 0.15) is 21.5 Å². The van der Waals surface area contributed by atoms with Gasteiger partial charge >= 0.3 is 0 Å². The lowest BCUT2D eigenvalue weighted by Gasteiger charge is -2.29. The Morgan fingerprint density at radius 2 is 1.65 bits per heavy atom. The molecule has 0 spiro atoms. The first-order valence-corrected chi connectivity index (χ1v) is 6.45. The van der Waals surface area contributed by atoms with E-state index in [9.17, 15) is 13.6 Å². The van der Waals surface area contributed by atoms with Gasteiger partial charge in [0.2, 0.25) is 0 Å². The summed E-state index contributed by atoms with van der Waals surface area (Å²) in [7, 11) is 0. The Morgan fingerprint density at radius 1 is 1.00 bits per heavy atom. The van der Waals surface area contributed by atoms with Crippen LogP contribution in [0, 0.1) is 11.6 Å². The van der Waals surface area contributed by atoms with Gasteiger partial charge in [-0.25, -0.2) is 8.78 Å². The van der Waals surface area contributed by atoms with Crippen LogP contribution in [0.4, 0.5) is 8.78 Å². The molecule has 1 aliphatic heterocycles. The quantitative estimate of drug-likeness (QED) is 0.781. The average molecular weight is 273 g/mol. The summed E-state index contributed by atoms with van der Waals surface area (Å²) in [6.45, 7) is 1.04. The van der Waals surface area contributed by atoms with E-state index in [2.05, 4.69) is 0 Å². The van der Waals surface area contributed by atoms with Gasteiger partial charge in [-0.2, -0.15) is 0 Å². The third-order valence-corrected chi connectivity index (χ3v) is 3.53. The topological polar surface area (TPSA) is 20.3 Å². The summed E-state index contributed by atoms with van der Waals surface area (Å²) >= 11 is 0. The van der Waals surface area contributed by atoms with Crippen molar-refractivity contribution in [3.05, 3.63) is 70.8 Å². The van der Waals surface area contributed by atoms with Crippen LogP contribution < -0.4 is 0 Å². The van der Waals surface area contributed by atoms with Crippen LogP contribution >= 0.6 is 0 Å². The highest BCUT2D eigenvalue weighted by Gasteiger charge is 2.22. The van der Waals surface area contributed by atoms with Gasteiger partial charge in [0.15, 0.2) is 0 Å². The molecule has 2 aromatic rings. The Labute approximate surface area is 115 Å². The molecule has 102 valence electrons. The van der Waals surface area contributed by atoms with Crippen molar-refractivity contribution in [2.75, 3.05) is 6.54 Å². The van der Waals surface area contributed by atoms with E-state index >= 15 is 0 Å². The van der Waals surface area contributed by atoms with Gasteiger partial charge in [-0.3, -0.25) is 4.79 Å². The maximum Gasteiger partial charge on any atom is 0.254 e. The fourth-order valence-corrected chi connectivity index (χ4v) is 2.53. The highest BCUT2D eigenvalue weighted by atomic mass is 19.1. The molecule has 0 radical (unpaired) electrons. The Kier molecular flexibility index (Phi) is 3.22. The van der Waals surface area contributed by atoms with E-state index in [1.165, 1.54) is 5.56 Å². The predicted octanol–water partition coefficient (Wildman–Crippen LogP) is 3.16. The number of hydrogen-bond donors (Lipinski definition) is 0. The molecule has 0 bridgehead atoms. The second-order valence-electron chi connectivity index (χ2n) is 4.90. The van der Waals surface area contributed by atoms with Crippen molar-refractivity contribution >= 4 is 5.91 Å². The maximum absolute atomic E-state index is 13.2. The first-order chi connectivity index (χ1) is 9.63. The summed E-state index contributed by atoms with van der Waals surface area (Å²) in [4.78, 5) is 13.9. The number of fused-ring (bicyclic) bond motifs is 1. The molecule has 2 aromatic carbocycles. The van der Waals surface area contributed by atoms with E-state index in [4.69, 9.17) is 0 Å². The van der Waals surface area contributed by atoms with Crippen molar-refractivity contribution in [3.8, 4) is 0 Å². The molecule has 4 heteroatoms. The Balaban J connectivity index is 1.86. The SMILES string of the molecule is O=C(c1cc(F)cc(F)c1)N1CCc2ccccc2C1. The van der Waals surface area contributed by atoms with E-state index in [1.54, 1.807) is 4.90 Å². The third-order valence-electron chi connectivity index (χ3n) is 3.53. The number of nitrogens with zero attached hydrogens (tertiary/aromatic N) is 1. The summed E-state index contributed by atoms with van der Waals surface area (Å²) in [6.07, 6.45) is 0.764. The van der Waals surface area contributed by atoms with Gasteiger partial charge in [0.25, 0.3) is 5.91 Å². The van der Waals surface area contributed by atoms with Crippen LogP contribution in [0.15, 0.2) is 42.5 Å². The normalized spacial score (nSPS) is 14.0. The van der Waals surface area contributed by atoms with E-state index in [1.807, 2.05) is 24.3 Å². The van der Waals surface area contributed by atoms with Gasteiger partial charge in [-0.05, 0) is 29.7 Å². The minimum absolute atomic E-state index is 0.0573.